The SMILES string of the molecule is CC(C)(NC(=S)NC1CCCCC1)c1ccccc1. The lowest BCUT2D eigenvalue weighted by atomic mass is 9.94. The molecule has 1 aliphatic carbocycles. The van der Waals surface area contributed by atoms with Crippen LogP contribution in [0.15, 0.2) is 30.3 Å². The van der Waals surface area contributed by atoms with Gasteiger partial charge in [0.2, 0.25) is 0 Å². The van der Waals surface area contributed by atoms with Gasteiger partial charge < -0.3 is 10.6 Å². The Labute approximate surface area is 122 Å². The van der Waals surface area contributed by atoms with Crippen molar-refractivity contribution < 1.29 is 0 Å². The molecule has 0 atom stereocenters. The molecule has 19 heavy (non-hydrogen) atoms. The van der Waals surface area contributed by atoms with Crippen molar-refractivity contribution in [3.05, 3.63) is 35.9 Å². The van der Waals surface area contributed by atoms with Crippen molar-refractivity contribution in [2.24, 2.45) is 0 Å². The van der Waals surface area contributed by atoms with Crippen LogP contribution in [0.2, 0.25) is 0 Å². The molecule has 2 nitrogen and oxygen atoms in total. The van der Waals surface area contributed by atoms with Crippen LogP contribution in [0, 0.1) is 0 Å². The summed E-state index contributed by atoms with van der Waals surface area (Å²) in [6.07, 6.45) is 6.50. The molecule has 3 heteroatoms. The minimum absolute atomic E-state index is 0.139. The van der Waals surface area contributed by atoms with E-state index >= 15 is 0 Å². The van der Waals surface area contributed by atoms with Crippen molar-refractivity contribution in [2.75, 3.05) is 0 Å². The molecule has 1 aliphatic rings. The van der Waals surface area contributed by atoms with Crippen LogP contribution in [-0.2, 0) is 5.54 Å². The third-order valence-electron chi connectivity index (χ3n) is 3.86. The van der Waals surface area contributed by atoms with Gasteiger partial charge in [-0.2, -0.15) is 0 Å². The number of nitrogens with one attached hydrogen (secondary N) is 2. The minimum atomic E-state index is -0.139. The van der Waals surface area contributed by atoms with E-state index in [0.29, 0.717) is 6.04 Å². The predicted molar refractivity (Wildman–Crippen MR) is 85.2 cm³/mol. The molecule has 0 unspecified atom stereocenters. The third-order valence-corrected chi connectivity index (χ3v) is 4.08. The van der Waals surface area contributed by atoms with Gasteiger partial charge in [-0.3, -0.25) is 0 Å². The van der Waals surface area contributed by atoms with E-state index in [-0.39, 0.29) is 5.54 Å². The van der Waals surface area contributed by atoms with E-state index in [2.05, 4.69) is 48.7 Å². The van der Waals surface area contributed by atoms with Gasteiger partial charge in [0.1, 0.15) is 0 Å². The van der Waals surface area contributed by atoms with Gasteiger partial charge in [-0.05, 0) is 44.5 Å². The Bertz CT molecular complexity index is 408. The first-order valence-corrected chi connectivity index (χ1v) is 7.63. The van der Waals surface area contributed by atoms with Crippen molar-refractivity contribution in [3.8, 4) is 0 Å². The van der Waals surface area contributed by atoms with Crippen LogP contribution < -0.4 is 10.6 Å². The maximum absolute atomic E-state index is 5.46. The van der Waals surface area contributed by atoms with Crippen LogP contribution in [0.3, 0.4) is 0 Å². The van der Waals surface area contributed by atoms with E-state index in [0.717, 1.165) is 5.11 Å². The normalized spacial score (nSPS) is 16.9. The van der Waals surface area contributed by atoms with Gasteiger partial charge in [0.15, 0.2) is 5.11 Å². The average molecular weight is 276 g/mol. The molecule has 1 aromatic rings. The molecule has 0 saturated heterocycles. The first-order valence-electron chi connectivity index (χ1n) is 7.22. The maximum Gasteiger partial charge on any atom is 0.167 e. The number of hydrogen-bond acceptors (Lipinski definition) is 1. The molecule has 0 amide bonds. The number of thiocarbonyl (C=S) groups is 1. The first kappa shape index (κ1) is 14.3. The number of rotatable bonds is 3. The van der Waals surface area contributed by atoms with Crippen molar-refractivity contribution in [1.82, 2.24) is 10.6 Å². The molecule has 104 valence electrons. The molecule has 1 fully saturated rings. The fraction of sp³-hybridized carbons (Fsp3) is 0.562. The van der Waals surface area contributed by atoms with Gasteiger partial charge in [0.25, 0.3) is 0 Å². The Kier molecular flexibility index (Phi) is 4.81. The quantitative estimate of drug-likeness (QED) is 0.823. The molecule has 1 aromatic carbocycles. The predicted octanol–water partition coefficient (Wildman–Crippen LogP) is 3.72. The summed E-state index contributed by atoms with van der Waals surface area (Å²) in [7, 11) is 0. The molecule has 1 saturated carbocycles. The molecule has 2 N–H and O–H groups in total. The zero-order valence-corrected chi connectivity index (χ0v) is 12.7. The van der Waals surface area contributed by atoms with Crippen LogP contribution in [0.4, 0.5) is 0 Å². The fourth-order valence-electron chi connectivity index (χ4n) is 2.68. The van der Waals surface area contributed by atoms with Crippen LogP contribution in [0.1, 0.15) is 51.5 Å². The Morgan fingerprint density at radius 3 is 2.37 bits per heavy atom. The number of hydrogen-bond donors (Lipinski definition) is 2. The van der Waals surface area contributed by atoms with Crippen molar-refractivity contribution in [2.45, 2.75) is 57.5 Å². The van der Waals surface area contributed by atoms with E-state index in [9.17, 15) is 0 Å². The largest absolute Gasteiger partial charge is 0.360 e. The Morgan fingerprint density at radius 2 is 1.74 bits per heavy atom. The number of benzene rings is 1. The summed E-state index contributed by atoms with van der Waals surface area (Å²) >= 11 is 5.46. The lowest BCUT2D eigenvalue weighted by Gasteiger charge is -2.31. The monoisotopic (exact) mass is 276 g/mol. The van der Waals surface area contributed by atoms with Gasteiger partial charge in [-0.25, -0.2) is 0 Å². The lowest BCUT2D eigenvalue weighted by molar-refractivity contribution is 0.403. The van der Waals surface area contributed by atoms with Crippen LogP contribution in [-0.4, -0.2) is 11.2 Å². The Balaban J connectivity index is 1.90. The second kappa shape index (κ2) is 6.38. The summed E-state index contributed by atoms with van der Waals surface area (Å²) in [6, 6.07) is 11.0. The van der Waals surface area contributed by atoms with Gasteiger partial charge in [-0.1, -0.05) is 49.6 Å². The smallest absolute Gasteiger partial charge is 0.167 e. The topological polar surface area (TPSA) is 24.1 Å². The summed E-state index contributed by atoms with van der Waals surface area (Å²) in [5.74, 6) is 0. The summed E-state index contributed by atoms with van der Waals surface area (Å²) in [6.45, 7) is 4.33. The molecular weight excluding hydrogens is 252 g/mol. The van der Waals surface area contributed by atoms with E-state index in [1.807, 2.05) is 6.07 Å². The zero-order chi connectivity index (χ0) is 13.7. The second-order valence-corrected chi connectivity index (χ2v) is 6.33. The Hall–Kier alpha value is -1.09. The van der Waals surface area contributed by atoms with Crippen LogP contribution in [0.25, 0.3) is 0 Å². The molecule has 0 aliphatic heterocycles. The third kappa shape index (κ3) is 4.20. The highest BCUT2D eigenvalue weighted by atomic mass is 32.1. The highest BCUT2D eigenvalue weighted by Gasteiger charge is 2.22. The van der Waals surface area contributed by atoms with Crippen LogP contribution >= 0.6 is 12.2 Å². The standard InChI is InChI=1S/C16H24N2S/c1-16(2,13-9-5-3-6-10-13)18-15(19)17-14-11-7-4-8-12-14/h3,5-6,9-10,14H,4,7-8,11-12H2,1-2H3,(H2,17,18,19). The van der Waals surface area contributed by atoms with Crippen molar-refractivity contribution >= 4 is 17.3 Å². The van der Waals surface area contributed by atoms with E-state index in [1.54, 1.807) is 0 Å². The molecule has 0 radical (unpaired) electrons. The fourth-order valence-corrected chi connectivity index (χ4v) is 3.10. The molecule has 0 heterocycles. The zero-order valence-electron chi connectivity index (χ0n) is 11.9. The molecule has 0 aromatic heterocycles. The summed E-state index contributed by atoms with van der Waals surface area (Å²) in [5, 5.41) is 7.68. The maximum atomic E-state index is 5.46. The highest BCUT2D eigenvalue weighted by Crippen LogP contribution is 2.20. The first-order chi connectivity index (χ1) is 9.08. The van der Waals surface area contributed by atoms with Gasteiger partial charge >= 0.3 is 0 Å². The lowest BCUT2D eigenvalue weighted by Crippen LogP contribution is -2.49. The Morgan fingerprint density at radius 1 is 1.11 bits per heavy atom. The van der Waals surface area contributed by atoms with Gasteiger partial charge in [0, 0.05) is 6.04 Å². The van der Waals surface area contributed by atoms with Gasteiger partial charge in [0.05, 0.1) is 5.54 Å². The van der Waals surface area contributed by atoms with Crippen molar-refractivity contribution in [3.63, 3.8) is 0 Å². The summed E-state index contributed by atoms with van der Waals surface area (Å²) in [4.78, 5) is 0. The molecule has 2 rings (SSSR count). The molecule has 0 spiro atoms. The van der Waals surface area contributed by atoms with Crippen LogP contribution in [0.5, 0.6) is 0 Å². The second-order valence-electron chi connectivity index (χ2n) is 5.92. The minimum Gasteiger partial charge on any atom is -0.360 e. The van der Waals surface area contributed by atoms with Crippen molar-refractivity contribution in [1.29, 1.82) is 0 Å². The van der Waals surface area contributed by atoms with E-state index < -0.39 is 0 Å². The molecule has 0 bridgehead atoms. The van der Waals surface area contributed by atoms with Gasteiger partial charge in [-0.15, -0.1) is 0 Å². The summed E-state index contributed by atoms with van der Waals surface area (Å²) < 4.78 is 0. The average Bonchev–Trinajstić information content (AvgIpc) is 2.40. The summed E-state index contributed by atoms with van der Waals surface area (Å²) in [5.41, 5.74) is 1.11. The highest BCUT2D eigenvalue weighted by molar-refractivity contribution is 7.80. The van der Waals surface area contributed by atoms with E-state index in [4.69, 9.17) is 12.2 Å². The molecular formula is C16H24N2S. The van der Waals surface area contributed by atoms with E-state index in [1.165, 1.54) is 37.7 Å².